The molecule has 4 nitrogen and oxygen atoms in total. The Morgan fingerprint density at radius 1 is 0.962 bits per heavy atom. The van der Waals surface area contributed by atoms with Crippen molar-refractivity contribution in [2.45, 2.75) is 82.8 Å². The smallest absolute Gasteiger partial charge is 0.251 e. The molecule has 0 atom stereocenters. The first-order chi connectivity index (χ1) is 12.7. The van der Waals surface area contributed by atoms with Gasteiger partial charge in [-0.25, -0.2) is 0 Å². The Morgan fingerprint density at radius 2 is 1.65 bits per heavy atom. The lowest BCUT2D eigenvalue weighted by molar-refractivity contribution is -0.132. The quantitative estimate of drug-likeness (QED) is 0.766. The van der Waals surface area contributed by atoms with Crippen LogP contribution >= 0.6 is 0 Å². The molecule has 0 radical (unpaired) electrons. The maximum Gasteiger partial charge on any atom is 0.251 e. The normalized spacial score (nSPS) is 20.2. The number of hydrogen-bond acceptors (Lipinski definition) is 2. The molecule has 0 unspecified atom stereocenters. The van der Waals surface area contributed by atoms with Crippen molar-refractivity contribution in [2.75, 3.05) is 0 Å². The summed E-state index contributed by atoms with van der Waals surface area (Å²) >= 11 is 0. The Labute approximate surface area is 156 Å². The van der Waals surface area contributed by atoms with Crippen LogP contribution in [-0.4, -0.2) is 28.8 Å². The van der Waals surface area contributed by atoms with Crippen LogP contribution in [0.3, 0.4) is 0 Å². The van der Waals surface area contributed by atoms with Crippen LogP contribution in [0.15, 0.2) is 24.3 Å². The molecule has 0 heterocycles. The van der Waals surface area contributed by atoms with Gasteiger partial charge in [-0.05, 0) is 55.7 Å². The average molecular weight is 354 g/mol. The minimum Gasteiger partial charge on any atom is -0.349 e. The number of carbonyl (C=O) groups excluding carboxylic acids is 2. The van der Waals surface area contributed by atoms with Gasteiger partial charge >= 0.3 is 0 Å². The molecule has 0 aromatic heterocycles. The lowest BCUT2D eigenvalue weighted by Gasteiger charge is -2.23. The van der Waals surface area contributed by atoms with E-state index in [1.165, 1.54) is 25.7 Å². The summed E-state index contributed by atoms with van der Waals surface area (Å²) in [6.45, 7) is 0.679. The molecule has 1 N–H and O–H groups in total. The third-order valence-electron chi connectivity index (χ3n) is 6.03. The Balaban J connectivity index is 1.32. The molecule has 3 aliphatic rings. The lowest BCUT2D eigenvalue weighted by atomic mass is 10.0. The van der Waals surface area contributed by atoms with E-state index in [0.717, 1.165) is 43.6 Å². The first-order valence-electron chi connectivity index (χ1n) is 10.4. The fourth-order valence-corrected chi connectivity index (χ4v) is 4.03. The molecule has 1 aromatic rings. The molecule has 0 aliphatic heterocycles. The van der Waals surface area contributed by atoms with Gasteiger partial charge in [0.1, 0.15) is 0 Å². The number of nitrogens with zero attached hydrogens (tertiary/aromatic N) is 1. The maximum absolute atomic E-state index is 12.8. The average Bonchev–Trinajstić information content (AvgIpc) is 3.58. The molecular formula is C22H30N2O2. The van der Waals surface area contributed by atoms with Gasteiger partial charge in [0.2, 0.25) is 5.91 Å². The van der Waals surface area contributed by atoms with Gasteiger partial charge < -0.3 is 10.2 Å². The number of nitrogens with one attached hydrogen (secondary N) is 1. The molecule has 3 aliphatic carbocycles. The fraction of sp³-hybridized carbons (Fsp3) is 0.636. The fourth-order valence-electron chi connectivity index (χ4n) is 4.03. The molecule has 2 amide bonds. The van der Waals surface area contributed by atoms with E-state index in [-0.39, 0.29) is 5.91 Å². The highest BCUT2D eigenvalue weighted by Gasteiger charge is 2.32. The molecule has 0 bridgehead atoms. The van der Waals surface area contributed by atoms with E-state index in [4.69, 9.17) is 0 Å². The van der Waals surface area contributed by atoms with Crippen LogP contribution in [0.25, 0.3) is 0 Å². The van der Waals surface area contributed by atoms with E-state index in [0.29, 0.717) is 36.5 Å². The molecular weight excluding hydrogens is 324 g/mol. The van der Waals surface area contributed by atoms with Crippen molar-refractivity contribution in [1.82, 2.24) is 10.2 Å². The molecule has 0 saturated heterocycles. The predicted octanol–water partition coefficient (Wildman–Crippen LogP) is 4.04. The van der Waals surface area contributed by atoms with Gasteiger partial charge in [-0.1, -0.05) is 37.8 Å². The van der Waals surface area contributed by atoms with Crippen molar-refractivity contribution in [2.24, 2.45) is 5.92 Å². The van der Waals surface area contributed by atoms with Crippen LogP contribution in [0, 0.1) is 5.92 Å². The van der Waals surface area contributed by atoms with Crippen molar-refractivity contribution in [3.63, 3.8) is 0 Å². The second-order valence-corrected chi connectivity index (χ2v) is 8.39. The highest BCUT2D eigenvalue weighted by molar-refractivity contribution is 5.94. The third-order valence-corrected chi connectivity index (χ3v) is 6.03. The van der Waals surface area contributed by atoms with Gasteiger partial charge in [0.05, 0.1) is 0 Å². The summed E-state index contributed by atoms with van der Waals surface area (Å²) in [4.78, 5) is 26.9. The highest BCUT2D eigenvalue weighted by atomic mass is 16.2. The van der Waals surface area contributed by atoms with Crippen LogP contribution in [0.4, 0.5) is 0 Å². The summed E-state index contributed by atoms with van der Waals surface area (Å²) in [5, 5.41) is 3.02. The van der Waals surface area contributed by atoms with Gasteiger partial charge in [0.15, 0.2) is 0 Å². The van der Waals surface area contributed by atoms with Crippen LogP contribution in [0.1, 0.15) is 80.1 Å². The number of carbonyl (C=O) groups is 2. The van der Waals surface area contributed by atoms with Gasteiger partial charge in [-0.15, -0.1) is 0 Å². The van der Waals surface area contributed by atoms with Crippen molar-refractivity contribution in [1.29, 1.82) is 0 Å². The van der Waals surface area contributed by atoms with Crippen molar-refractivity contribution in [3.8, 4) is 0 Å². The van der Waals surface area contributed by atoms with E-state index < -0.39 is 0 Å². The summed E-state index contributed by atoms with van der Waals surface area (Å²) in [5.41, 5.74) is 1.83. The van der Waals surface area contributed by atoms with Gasteiger partial charge in [-0.2, -0.15) is 0 Å². The highest BCUT2D eigenvalue weighted by Crippen LogP contribution is 2.32. The zero-order valence-corrected chi connectivity index (χ0v) is 15.6. The predicted molar refractivity (Wildman–Crippen MR) is 102 cm³/mol. The second kappa shape index (κ2) is 7.81. The molecule has 0 spiro atoms. The lowest BCUT2D eigenvalue weighted by Crippen LogP contribution is -2.32. The molecule has 26 heavy (non-hydrogen) atoms. The van der Waals surface area contributed by atoms with E-state index in [1.807, 2.05) is 24.3 Å². The zero-order valence-electron chi connectivity index (χ0n) is 15.6. The summed E-state index contributed by atoms with van der Waals surface area (Å²) in [6.07, 6.45) is 11.5. The van der Waals surface area contributed by atoms with Gasteiger partial charge in [0, 0.05) is 30.6 Å². The Hall–Kier alpha value is -1.84. The zero-order chi connectivity index (χ0) is 17.9. The Bertz CT molecular complexity index is 641. The van der Waals surface area contributed by atoms with E-state index in [9.17, 15) is 9.59 Å². The van der Waals surface area contributed by atoms with Crippen LogP contribution < -0.4 is 5.32 Å². The number of rotatable bonds is 8. The van der Waals surface area contributed by atoms with Crippen molar-refractivity contribution in [3.05, 3.63) is 35.4 Å². The number of amides is 2. The monoisotopic (exact) mass is 354 g/mol. The number of benzene rings is 1. The minimum atomic E-state index is 0.0192. The van der Waals surface area contributed by atoms with Crippen LogP contribution in [0.2, 0.25) is 0 Å². The van der Waals surface area contributed by atoms with E-state index in [2.05, 4.69) is 10.2 Å². The minimum absolute atomic E-state index is 0.0192. The summed E-state index contributed by atoms with van der Waals surface area (Å²) < 4.78 is 0. The summed E-state index contributed by atoms with van der Waals surface area (Å²) in [5.74, 6) is 1.10. The van der Waals surface area contributed by atoms with Gasteiger partial charge in [-0.3, -0.25) is 9.59 Å². The molecule has 140 valence electrons. The standard InChI is InChI=1S/C22H30N2O2/c25-21(14-7-16-3-1-2-4-16)24(20-12-13-20)15-17-5-8-18(9-6-17)22(26)23-19-10-11-19/h5-6,8-9,16,19-20H,1-4,7,10-15H2,(H,23,26). The largest absolute Gasteiger partial charge is 0.349 e. The van der Waals surface area contributed by atoms with E-state index >= 15 is 0 Å². The Kier molecular flexibility index (Phi) is 5.28. The SMILES string of the molecule is O=C(NC1CC1)c1ccc(CN(C(=O)CCC2CCCC2)C2CC2)cc1. The van der Waals surface area contributed by atoms with E-state index in [1.54, 1.807) is 0 Å². The first-order valence-corrected chi connectivity index (χ1v) is 10.4. The third kappa shape index (κ3) is 4.66. The van der Waals surface area contributed by atoms with Gasteiger partial charge in [0.25, 0.3) is 5.91 Å². The number of hydrogen-bond donors (Lipinski definition) is 1. The molecule has 3 saturated carbocycles. The first kappa shape index (κ1) is 17.6. The molecule has 4 heteroatoms. The maximum atomic E-state index is 12.8. The van der Waals surface area contributed by atoms with Crippen LogP contribution in [-0.2, 0) is 11.3 Å². The van der Waals surface area contributed by atoms with Crippen molar-refractivity contribution < 1.29 is 9.59 Å². The summed E-state index contributed by atoms with van der Waals surface area (Å²) in [6, 6.07) is 8.60. The topological polar surface area (TPSA) is 49.4 Å². The van der Waals surface area contributed by atoms with Crippen molar-refractivity contribution >= 4 is 11.8 Å². The van der Waals surface area contributed by atoms with Crippen LogP contribution in [0.5, 0.6) is 0 Å². The molecule has 4 rings (SSSR count). The summed E-state index contributed by atoms with van der Waals surface area (Å²) in [7, 11) is 0. The second-order valence-electron chi connectivity index (χ2n) is 8.39. The molecule has 3 fully saturated rings. The Morgan fingerprint density at radius 3 is 2.27 bits per heavy atom. The molecule has 1 aromatic carbocycles.